The molecule has 0 aromatic heterocycles. The maximum atomic E-state index is 7.69. The zero-order valence-corrected chi connectivity index (χ0v) is 4.13. The summed E-state index contributed by atoms with van der Waals surface area (Å²) in [5.41, 5.74) is 12.5. The van der Waals surface area contributed by atoms with Crippen LogP contribution in [0.25, 0.3) is 10.4 Å². The Morgan fingerprint density at radius 1 is 2.00 bits per heavy atom. The molecule has 0 saturated carbocycles. The van der Waals surface area contributed by atoms with Gasteiger partial charge in [-0.2, -0.15) is 0 Å². The van der Waals surface area contributed by atoms with Crippen molar-refractivity contribution < 1.29 is 0 Å². The highest BCUT2D eigenvalue weighted by molar-refractivity contribution is 5.74. The van der Waals surface area contributed by atoms with E-state index >= 15 is 0 Å². The molecule has 6 heteroatoms. The predicted octanol–water partition coefficient (Wildman–Crippen LogP) is -0.263. The zero-order chi connectivity index (χ0) is 6.41. The van der Waals surface area contributed by atoms with Crippen LogP contribution >= 0.6 is 0 Å². The number of azide groups is 1. The summed E-state index contributed by atoms with van der Waals surface area (Å²) in [4.78, 5) is 2.42. The summed E-state index contributed by atoms with van der Waals surface area (Å²) in [5.74, 6) is -0.197. The SMILES string of the molecule is [N-]=[N+]=NCNC(=N)N. The fraction of sp³-hybridized carbons (Fsp3) is 0.500. The molecule has 0 aliphatic rings. The van der Waals surface area contributed by atoms with Gasteiger partial charge in [0, 0.05) is 4.91 Å². The lowest BCUT2D eigenvalue weighted by molar-refractivity contribution is 0.899. The van der Waals surface area contributed by atoms with Gasteiger partial charge in [0.25, 0.3) is 0 Å². The minimum Gasteiger partial charge on any atom is -0.370 e. The minimum absolute atomic E-state index is 0.0336. The van der Waals surface area contributed by atoms with E-state index in [9.17, 15) is 0 Å². The third kappa shape index (κ3) is 4.58. The number of guanidine groups is 1. The van der Waals surface area contributed by atoms with Crippen LogP contribution in [0.4, 0.5) is 0 Å². The number of nitrogens with two attached hydrogens (primary N) is 1. The molecule has 0 atom stereocenters. The van der Waals surface area contributed by atoms with Crippen LogP contribution in [-0.4, -0.2) is 12.6 Å². The first kappa shape index (κ1) is 6.58. The summed E-state index contributed by atoms with van der Waals surface area (Å²) in [6, 6.07) is 0. The van der Waals surface area contributed by atoms with Gasteiger partial charge in [-0.15, -0.1) is 0 Å². The summed E-state index contributed by atoms with van der Waals surface area (Å²) in [7, 11) is 0. The Morgan fingerprint density at radius 2 is 2.62 bits per heavy atom. The molecule has 0 radical (unpaired) electrons. The van der Waals surface area contributed by atoms with E-state index in [0.29, 0.717) is 0 Å². The predicted molar refractivity (Wildman–Crippen MR) is 29.1 cm³/mol. The molecule has 6 nitrogen and oxygen atoms in total. The number of hydrogen-bond acceptors (Lipinski definition) is 2. The molecule has 0 bridgehead atoms. The van der Waals surface area contributed by atoms with Crippen molar-refractivity contribution in [1.29, 1.82) is 5.41 Å². The van der Waals surface area contributed by atoms with Crippen molar-refractivity contribution in [3.63, 3.8) is 0 Å². The monoisotopic (exact) mass is 114 g/mol. The number of nitrogens with one attached hydrogen (secondary N) is 2. The van der Waals surface area contributed by atoms with Crippen molar-refractivity contribution in [2.24, 2.45) is 10.8 Å². The first-order chi connectivity index (χ1) is 3.77. The quantitative estimate of drug-likeness (QED) is 0.151. The van der Waals surface area contributed by atoms with Gasteiger partial charge >= 0.3 is 0 Å². The fourth-order valence-electron chi connectivity index (χ4n) is 0.152. The van der Waals surface area contributed by atoms with Crippen molar-refractivity contribution in [3.8, 4) is 0 Å². The smallest absolute Gasteiger partial charge is 0.185 e. The average Bonchev–Trinajstić information content (AvgIpc) is 1.66. The van der Waals surface area contributed by atoms with Crippen molar-refractivity contribution >= 4 is 5.96 Å². The molecule has 8 heavy (non-hydrogen) atoms. The summed E-state index contributed by atoms with van der Waals surface area (Å²) in [6.45, 7) is 0.0336. The highest BCUT2D eigenvalue weighted by Gasteiger charge is 1.78. The van der Waals surface area contributed by atoms with E-state index in [1.54, 1.807) is 0 Å². The molecule has 0 aromatic rings. The standard InChI is InChI=1S/C2H6N6/c3-2(4)6-1-7-8-5/h1H2,(H4,3,4,6). The van der Waals surface area contributed by atoms with Crippen LogP contribution in [0.5, 0.6) is 0 Å². The molecule has 0 saturated heterocycles. The molecule has 0 aromatic carbocycles. The molecule has 0 amide bonds. The Hall–Kier alpha value is -1.42. The summed E-state index contributed by atoms with van der Waals surface area (Å²) in [5, 5.41) is 11.9. The van der Waals surface area contributed by atoms with E-state index in [-0.39, 0.29) is 12.6 Å². The van der Waals surface area contributed by atoms with Crippen LogP contribution in [-0.2, 0) is 0 Å². The van der Waals surface area contributed by atoms with Gasteiger partial charge in [-0.3, -0.25) is 5.41 Å². The van der Waals surface area contributed by atoms with Crippen molar-refractivity contribution in [3.05, 3.63) is 10.4 Å². The molecule has 0 aliphatic heterocycles. The van der Waals surface area contributed by atoms with Crippen LogP contribution < -0.4 is 11.1 Å². The molecule has 4 N–H and O–H groups in total. The summed E-state index contributed by atoms with van der Waals surface area (Å²) in [6.07, 6.45) is 0. The lowest BCUT2D eigenvalue weighted by Crippen LogP contribution is -2.29. The minimum atomic E-state index is -0.197. The number of nitrogens with zero attached hydrogens (tertiary/aromatic N) is 3. The first-order valence-corrected chi connectivity index (χ1v) is 1.86. The van der Waals surface area contributed by atoms with Crippen LogP contribution in [0.2, 0.25) is 0 Å². The maximum absolute atomic E-state index is 7.69. The number of rotatable bonds is 2. The second kappa shape index (κ2) is 3.76. The zero-order valence-electron chi connectivity index (χ0n) is 4.13. The van der Waals surface area contributed by atoms with Crippen LogP contribution in [0.15, 0.2) is 5.11 Å². The maximum Gasteiger partial charge on any atom is 0.185 e. The van der Waals surface area contributed by atoms with Gasteiger partial charge in [0.1, 0.15) is 0 Å². The lowest BCUT2D eigenvalue weighted by atomic mass is 10.9. The third-order valence-electron chi connectivity index (χ3n) is 0.403. The molecule has 0 heterocycles. The van der Waals surface area contributed by atoms with E-state index in [0.717, 1.165) is 0 Å². The molecule has 0 aliphatic carbocycles. The van der Waals surface area contributed by atoms with E-state index in [1.165, 1.54) is 0 Å². The molecule has 0 rings (SSSR count). The lowest BCUT2D eigenvalue weighted by Gasteiger charge is -1.93. The second-order valence-electron chi connectivity index (χ2n) is 0.979. The van der Waals surface area contributed by atoms with Crippen molar-refractivity contribution in [2.75, 3.05) is 6.67 Å². The van der Waals surface area contributed by atoms with Crippen molar-refractivity contribution in [1.82, 2.24) is 5.32 Å². The Morgan fingerprint density at radius 3 is 3.00 bits per heavy atom. The second-order valence-corrected chi connectivity index (χ2v) is 0.979. The molecular weight excluding hydrogens is 108 g/mol. The molecule has 0 unspecified atom stereocenters. The summed E-state index contributed by atoms with van der Waals surface area (Å²) < 4.78 is 0. The third-order valence-corrected chi connectivity index (χ3v) is 0.403. The van der Waals surface area contributed by atoms with Crippen LogP contribution in [0.1, 0.15) is 0 Å². The van der Waals surface area contributed by atoms with Crippen LogP contribution in [0.3, 0.4) is 0 Å². The topological polar surface area (TPSA) is 111 Å². The average molecular weight is 114 g/mol. The normalized spacial score (nSPS) is 7.00. The summed E-state index contributed by atoms with van der Waals surface area (Å²) >= 11 is 0. The highest BCUT2D eigenvalue weighted by atomic mass is 15.2. The van der Waals surface area contributed by atoms with Gasteiger partial charge in [0.15, 0.2) is 5.96 Å². The van der Waals surface area contributed by atoms with Crippen LogP contribution in [0, 0.1) is 5.41 Å². The first-order valence-electron chi connectivity index (χ1n) is 1.86. The highest BCUT2D eigenvalue weighted by Crippen LogP contribution is 1.61. The molecular formula is C2H6N6. The van der Waals surface area contributed by atoms with Gasteiger partial charge in [0.05, 0.1) is 6.67 Å². The molecule has 44 valence electrons. The van der Waals surface area contributed by atoms with Gasteiger partial charge < -0.3 is 11.1 Å². The van der Waals surface area contributed by atoms with E-state index in [4.69, 9.17) is 16.7 Å². The molecule has 0 fully saturated rings. The van der Waals surface area contributed by atoms with Gasteiger partial charge in [-0.05, 0) is 5.53 Å². The molecule has 0 spiro atoms. The van der Waals surface area contributed by atoms with E-state index in [1.807, 2.05) is 0 Å². The Labute approximate surface area is 45.8 Å². The van der Waals surface area contributed by atoms with Gasteiger partial charge in [-0.1, -0.05) is 5.11 Å². The largest absolute Gasteiger partial charge is 0.370 e. The number of hydrogen-bond donors (Lipinski definition) is 3. The van der Waals surface area contributed by atoms with Crippen molar-refractivity contribution in [2.45, 2.75) is 0 Å². The Balaban J connectivity index is 3.18. The van der Waals surface area contributed by atoms with Gasteiger partial charge in [-0.25, -0.2) is 0 Å². The van der Waals surface area contributed by atoms with Gasteiger partial charge in [0.2, 0.25) is 0 Å². The van der Waals surface area contributed by atoms with E-state index < -0.39 is 0 Å². The Bertz CT molecular complexity index is 118. The van der Waals surface area contributed by atoms with E-state index in [2.05, 4.69) is 15.3 Å². The fourth-order valence-corrected chi connectivity index (χ4v) is 0.152. The Kier molecular flexibility index (Phi) is 3.09.